The topological polar surface area (TPSA) is 76.8 Å². The molecule has 2 rings (SSSR count). The Bertz CT molecular complexity index is 700. The zero-order chi connectivity index (χ0) is 18.2. The predicted molar refractivity (Wildman–Crippen MR) is 96.9 cm³/mol. The van der Waals surface area contributed by atoms with Crippen molar-refractivity contribution in [2.45, 2.75) is 19.6 Å². The first kappa shape index (κ1) is 18.6. The van der Waals surface area contributed by atoms with Crippen molar-refractivity contribution < 1.29 is 9.47 Å². The lowest BCUT2D eigenvalue weighted by molar-refractivity contribution is 0.221. The Hall–Kier alpha value is -2.77. The summed E-state index contributed by atoms with van der Waals surface area (Å²) in [6, 6.07) is 7.57. The summed E-state index contributed by atoms with van der Waals surface area (Å²) in [7, 11) is 7.22. The van der Waals surface area contributed by atoms with Gasteiger partial charge in [-0.05, 0) is 19.1 Å². The van der Waals surface area contributed by atoms with Gasteiger partial charge in [0.1, 0.15) is 29.8 Å². The van der Waals surface area contributed by atoms with Gasteiger partial charge in [0.2, 0.25) is 0 Å². The number of aliphatic imine (C=N–C) groups is 1. The van der Waals surface area contributed by atoms with E-state index in [-0.39, 0.29) is 6.10 Å². The second kappa shape index (κ2) is 8.91. The number of nitrogens with zero attached hydrogens (tertiary/aromatic N) is 5. The molecule has 0 saturated heterocycles. The smallest absolute Gasteiger partial charge is 0.193 e. The van der Waals surface area contributed by atoms with Gasteiger partial charge in [0, 0.05) is 27.2 Å². The van der Waals surface area contributed by atoms with E-state index in [0.717, 1.165) is 23.3 Å². The van der Waals surface area contributed by atoms with Crippen LogP contribution < -0.4 is 14.8 Å². The molecule has 8 nitrogen and oxygen atoms in total. The molecule has 1 heterocycles. The molecule has 0 aliphatic rings. The molecule has 1 atom stereocenters. The van der Waals surface area contributed by atoms with Crippen molar-refractivity contribution in [2.75, 3.05) is 27.7 Å². The van der Waals surface area contributed by atoms with Gasteiger partial charge in [-0.2, -0.15) is 5.10 Å². The van der Waals surface area contributed by atoms with Crippen molar-refractivity contribution in [1.29, 1.82) is 0 Å². The third-order valence-corrected chi connectivity index (χ3v) is 3.68. The van der Waals surface area contributed by atoms with Gasteiger partial charge < -0.3 is 19.7 Å². The second-order valence-corrected chi connectivity index (χ2v) is 5.69. The van der Waals surface area contributed by atoms with Crippen LogP contribution in [0.3, 0.4) is 0 Å². The number of aromatic nitrogens is 3. The first-order chi connectivity index (χ1) is 12.0. The van der Waals surface area contributed by atoms with Crippen LogP contribution in [0.1, 0.15) is 12.7 Å². The van der Waals surface area contributed by atoms with Crippen molar-refractivity contribution in [1.82, 2.24) is 25.0 Å². The molecule has 0 radical (unpaired) electrons. The number of ether oxygens (including phenoxy) is 2. The Morgan fingerprint density at radius 3 is 2.80 bits per heavy atom. The van der Waals surface area contributed by atoms with Crippen LogP contribution in [0.15, 0.2) is 35.6 Å². The number of methoxy groups -OCH3 is 1. The van der Waals surface area contributed by atoms with E-state index in [1.165, 1.54) is 0 Å². The van der Waals surface area contributed by atoms with E-state index in [2.05, 4.69) is 20.4 Å². The lowest BCUT2D eigenvalue weighted by Crippen LogP contribution is -2.42. The molecule has 0 saturated carbocycles. The standard InChI is InChI=1S/C17H26N6O2/c1-13(25-15-8-6-7-14(9-15)24-5)10-19-17(18-2)22(3)11-16-20-12-21-23(16)4/h6-9,12-13H,10-11H2,1-5H3,(H,18,19). The van der Waals surface area contributed by atoms with E-state index in [1.54, 1.807) is 25.2 Å². The fourth-order valence-corrected chi connectivity index (χ4v) is 2.32. The molecule has 0 aliphatic heterocycles. The van der Waals surface area contributed by atoms with Crippen LogP contribution in [0.2, 0.25) is 0 Å². The van der Waals surface area contributed by atoms with Crippen molar-refractivity contribution in [3.8, 4) is 11.5 Å². The molecule has 0 fully saturated rings. The summed E-state index contributed by atoms with van der Waals surface area (Å²) >= 11 is 0. The highest BCUT2D eigenvalue weighted by atomic mass is 16.5. The molecule has 25 heavy (non-hydrogen) atoms. The molecule has 2 aromatic rings. The van der Waals surface area contributed by atoms with Gasteiger partial charge in [0.05, 0.1) is 20.2 Å². The first-order valence-corrected chi connectivity index (χ1v) is 8.08. The summed E-state index contributed by atoms with van der Waals surface area (Å²) in [5, 5.41) is 7.39. The average molecular weight is 346 g/mol. The van der Waals surface area contributed by atoms with Crippen molar-refractivity contribution in [3.63, 3.8) is 0 Å². The number of nitrogens with one attached hydrogen (secondary N) is 1. The number of aryl methyl sites for hydroxylation is 1. The highest BCUT2D eigenvalue weighted by Crippen LogP contribution is 2.19. The van der Waals surface area contributed by atoms with Crippen LogP contribution >= 0.6 is 0 Å². The largest absolute Gasteiger partial charge is 0.497 e. The third kappa shape index (κ3) is 5.37. The molecular weight excluding hydrogens is 320 g/mol. The monoisotopic (exact) mass is 346 g/mol. The fraction of sp³-hybridized carbons (Fsp3) is 0.471. The highest BCUT2D eigenvalue weighted by molar-refractivity contribution is 5.79. The lowest BCUT2D eigenvalue weighted by atomic mass is 10.3. The van der Waals surface area contributed by atoms with Gasteiger partial charge in [-0.15, -0.1) is 0 Å². The minimum Gasteiger partial charge on any atom is -0.497 e. The number of hydrogen-bond donors (Lipinski definition) is 1. The minimum absolute atomic E-state index is 0.0351. The number of hydrogen-bond acceptors (Lipinski definition) is 5. The van der Waals surface area contributed by atoms with E-state index in [4.69, 9.17) is 9.47 Å². The van der Waals surface area contributed by atoms with Crippen LogP contribution in [0.4, 0.5) is 0 Å². The van der Waals surface area contributed by atoms with E-state index in [1.807, 2.05) is 50.2 Å². The summed E-state index contributed by atoms with van der Waals surface area (Å²) in [6.07, 6.45) is 1.51. The maximum atomic E-state index is 5.91. The molecule has 1 aromatic heterocycles. The number of rotatable bonds is 7. The Kier molecular flexibility index (Phi) is 6.62. The van der Waals surface area contributed by atoms with Gasteiger partial charge in [-0.1, -0.05) is 6.07 Å². The van der Waals surface area contributed by atoms with Crippen LogP contribution in [0.5, 0.6) is 11.5 Å². The van der Waals surface area contributed by atoms with Gasteiger partial charge in [0.25, 0.3) is 0 Å². The Balaban J connectivity index is 1.85. The molecule has 1 N–H and O–H groups in total. The van der Waals surface area contributed by atoms with Crippen molar-refractivity contribution in [2.24, 2.45) is 12.0 Å². The lowest BCUT2D eigenvalue weighted by Gasteiger charge is -2.23. The van der Waals surface area contributed by atoms with Crippen LogP contribution in [-0.4, -0.2) is 59.5 Å². The normalized spacial score (nSPS) is 12.6. The van der Waals surface area contributed by atoms with Crippen molar-refractivity contribution in [3.05, 3.63) is 36.4 Å². The van der Waals surface area contributed by atoms with E-state index >= 15 is 0 Å². The SMILES string of the molecule is CN=C(NCC(C)Oc1cccc(OC)c1)N(C)Cc1ncnn1C. The molecule has 136 valence electrons. The zero-order valence-electron chi connectivity index (χ0n) is 15.4. The number of guanidine groups is 1. The predicted octanol–water partition coefficient (Wildman–Crippen LogP) is 1.30. The summed E-state index contributed by atoms with van der Waals surface area (Å²) < 4.78 is 12.9. The minimum atomic E-state index is -0.0351. The Morgan fingerprint density at radius 1 is 1.40 bits per heavy atom. The maximum absolute atomic E-state index is 5.91. The Labute approximate surface area is 148 Å². The van der Waals surface area contributed by atoms with Gasteiger partial charge in [0.15, 0.2) is 5.96 Å². The highest BCUT2D eigenvalue weighted by Gasteiger charge is 2.12. The molecule has 0 spiro atoms. The average Bonchev–Trinajstić information content (AvgIpc) is 3.00. The first-order valence-electron chi connectivity index (χ1n) is 8.08. The van der Waals surface area contributed by atoms with Gasteiger partial charge in [-0.25, -0.2) is 4.98 Å². The summed E-state index contributed by atoms with van der Waals surface area (Å²) in [5.74, 6) is 3.18. The maximum Gasteiger partial charge on any atom is 0.193 e. The summed E-state index contributed by atoms with van der Waals surface area (Å²) in [6.45, 7) is 3.23. The summed E-state index contributed by atoms with van der Waals surface area (Å²) in [5.41, 5.74) is 0. The molecule has 1 unspecified atom stereocenters. The third-order valence-electron chi connectivity index (χ3n) is 3.68. The van der Waals surface area contributed by atoms with Gasteiger partial charge in [-0.3, -0.25) is 9.67 Å². The number of benzene rings is 1. The van der Waals surface area contributed by atoms with E-state index < -0.39 is 0 Å². The molecule has 0 aliphatic carbocycles. The van der Waals surface area contributed by atoms with E-state index in [0.29, 0.717) is 13.1 Å². The van der Waals surface area contributed by atoms with E-state index in [9.17, 15) is 0 Å². The quantitative estimate of drug-likeness (QED) is 0.601. The Morgan fingerprint density at radius 2 is 2.16 bits per heavy atom. The molecule has 0 bridgehead atoms. The van der Waals surface area contributed by atoms with Crippen LogP contribution in [0, 0.1) is 0 Å². The summed E-state index contributed by atoms with van der Waals surface area (Å²) in [4.78, 5) is 10.5. The fourth-order valence-electron chi connectivity index (χ4n) is 2.32. The van der Waals surface area contributed by atoms with Crippen molar-refractivity contribution >= 4 is 5.96 Å². The molecule has 8 heteroatoms. The molecule has 0 amide bonds. The van der Waals surface area contributed by atoms with Gasteiger partial charge >= 0.3 is 0 Å². The van der Waals surface area contributed by atoms with Crippen LogP contribution in [0.25, 0.3) is 0 Å². The molecule has 1 aromatic carbocycles. The zero-order valence-corrected chi connectivity index (χ0v) is 15.4. The molecular formula is C17H26N6O2. The van der Waals surface area contributed by atoms with Crippen LogP contribution in [-0.2, 0) is 13.6 Å². The second-order valence-electron chi connectivity index (χ2n) is 5.69.